The first-order valence-electron chi connectivity index (χ1n) is 6.26. The van der Waals surface area contributed by atoms with Crippen molar-refractivity contribution in [2.24, 2.45) is 11.8 Å². The van der Waals surface area contributed by atoms with Gasteiger partial charge in [0.2, 0.25) is 5.91 Å². The Morgan fingerprint density at radius 3 is 2.12 bits per heavy atom. The first-order chi connectivity index (χ1) is 8.00. The zero-order chi connectivity index (χ0) is 12.6. The quantitative estimate of drug-likeness (QED) is 0.768. The lowest BCUT2D eigenvalue weighted by Crippen LogP contribution is -2.51. The van der Waals surface area contributed by atoms with Gasteiger partial charge in [0, 0.05) is 32.2 Å². The summed E-state index contributed by atoms with van der Waals surface area (Å²) in [6, 6.07) is 0.514. The van der Waals surface area contributed by atoms with Crippen molar-refractivity contribution in [3.8, 4) is 0 Å². The van der Waals surface area contributed by atoms with Crippen molar-refractivity contribution >= 4 is 11.9 Å². The third-order valence-corrected chi connectivity index (χ3v) is 3.78. The number of rotatable bonds is 3. The SMILES string of the molecule is CC(C)N1CCN(C(=O)[C@@H]2C[C@@H]2C(=O)O)CC1. The van der Waals surface area contributed by atoms with Crippen molar-refractivity contribution in [1.82, 2.24) is 9.80 Å². The maximum atomic E-state index is 12.0. The van der Waals surface area contributed by atoms with Crippen molar-refractivity contribution in [2.75, 3.05) is 26.2 Å². The number of aliphatic carboxylic acids is 1. The van der Waals surface area contributed by atoms with Crippen molar-refractivity contribution in [1.29, 1.82) is 0 Å². The van der Waals surface area contributed by atoms with Crippen LogP contribution in [0.5, 0.6) is 0 Å². The zero-order valence-electron chi connectivity index (χ0n) is 10.4. The Balaban J connectivity index is 1.82. The molecule has 2 rings (SSSR count). The van der Waals surface area contributed by atoms with E-state index in [1.165, 1.54) is 0 Å². The number of carbonyl (C=O) groups is 2. The standard InChI is InChI=1S/C12H20N2O3/c1-8(2)13-3-5-14(6-4-13)11(15)9-7-10(9)12(16)17/h8-10H,3-7H2,1-2H3,(H,16,17)/t9-,10+/m1/s1. The number of nitrogens with zero attached hydrogens (tertiary/aromatic N) is 2. The lowest BCUT2D eigenvalue weighted by molar-refractivity contribution is -0.142. The predicted molar refractivity (Wildman–Crippen MR) is 62.5 cm³/mol. The number of hydrogen-bond donors (Lipinski definition) is 1. The molecule has 0 aromatic carbocycles. The lowest BCUT2D eigenvalue weighted by atomic mass is 10.2. The lowest BCUT2D eigenvalue weighted by Gasteiger charge is -2.37. The van der Waals surface area contributed by atoms with E-state index in [1.807, 2.05) is 4.90 Å². The van der Waals surface area contributed by atoms with Gasteiger partial charge in [-0.3, -0.25) is 14.5 Å². The van der Waals surface area contributed by atoms with Crippen LogP contribution in [-0.4, -0.2) is 59.0 Å². The average Bonchev–Trinajstić information content (AvgIpc) is 3.08. The van der Waals surface area contributed by atoms with Crippen LogP contribution < -0.4 is 0 Å². The second-order valence-electron chi connectivity index (χ2n) is 5.24. The van der Waals surface area contributed by atoms with Gasteiger partial charge in [0.05, 0.1) is 11.8 Å². The molecular formula is C12H20N2O3. The van der Waals surface area contributed by atoms with Crippen LogP contribution in [0.1, 0.15) is 20.3 Å². The Kier molecular flexibility index (Phi) is 3.38. The zero-order valence-corrected chi connectivity index (χ0v) is 10.4. The Morgan fingerprint density at radius 2 is 1.71 bits per heavy atom. The van der Waals surface area contributed by atoms with Crippen LogP contribution in [0.2, 0.25) is 0 Å². The second-order valence-corrected chi connectivity index (χ2v) is 5.24. The van der Waals surface area contributed by atoms with Gasteiger partial charge in [0.1, 0.15) is 0 Å². The minimum absolute atomic E-state index is 0.0424. The molecular weight excluding hydrogens is 220 g/mol. The van der Waals surface area contributed by atoms with Gasteiger partial charge in [-0.1, -0.05) is 0 Å². The Labute approximate surface area is 101 Å². The van der Waals surface area contributed by atoms with E-state index >= 15 is 0 Å². The molecule has 0 bridgehead atoms. The number of carboxylic acid groups (broad SMARTS) is 1. The molecule has 1 amide bonds. The molecule has 2 fully saturated rings. The van der Waals surface area contributed by atoms with E-state index in [2.05, 4.69) is 18.7 Å². The Bertz CT molecular complexity index is 322. The summed E-state index contributed by atoms with van der Waals surface area (Å²) in [6.45, 7) is 7.57. The van der Waals surface area contributed by atoms with Crippen LogP contribution in [0.3, 0.4) is 0 Å². The van der Waals surface area contributed by atoms with Crippen LogP contribution in [0.25, 0.3) is 0 Å². The van der Waals surface area contributed by atoms with Crippen LogP contribution >= 0.6 is 0 Å². The highest BCUT2D eigenvalue weighted by Gasteiger charge is 2.49. The fourth-order valence-electron chi connectivity index (χ4n) is 2.43. The maximum Gasteiger partial charge on any atom is 0.307 e. The number of carbonyl (C=O) groups excluding carboxylic acids is 1. The molecule has 96 valence electrons. The summed E-state index contributed by atoms with van der Waals surface area (Å²) in [5.74, 6) is -1.46. The van der Waals surface area contributed by atoms with Crippen LogP contribution in [0.15, 0.2) is 0 Å². The number of hydrogen-bond acceptors (Lipinski definition) is 3. The van der Waals surface area contributed by atoms with E-state index in [-0.39, 0.29) is 11.8 Å². The molecule has 17 heavy (non-hydrogen) atoms. The second kappa shape index (κ2) is 4.64. The summed E-state index contributed by atoms with van der Waals surface area (Å²) in [4.78, 5) is 26.9. The topological polar surface area (TPSA) is 60.9 Å². The number of carboxylic acids is 1. The summed E-state index contributed by atoms with van der Waals surface area (Å²) in [5, 5.41) is 8.81. The van der Waals surface area contributed by atoms with Gasteiger partial charge < -0.3 is 10.0 Å². The van der Waals surface area contributed by atoms with E-state index in [1.54, 1.807) is 0 Å². The van der Waals surface area contributed by atoms with Crippen LogP contribution in [-0.2, 0) is 9.59 Å². The summed E-state index contributed by atoms with van der Waals surface area (Å²) in [5.41, 5.74) is 0. The normalized spacial score (nSPS) is 29.5. The van der Waals surface area contributed by atoms with Crippen molar-refractivity contribution < 1.29 is 14.7 Å². The van der Waals surface area contributed by atoms with Gasteiger partial charge in [-0.15, -0.1) is 0 Å². The molecule has 0 aromatic heterocycles. The van der Waals surface area contributed by atoms with E-state index in [0.29, 0.717) is 12.5 Å². The van der Waals surface area contributed by atoms with Crippen molar-refractivity contribution in [3.63, 3.8) is 0 Å². The van der Waals surface area contributed by atoms with Gasteiger partial charge in [-0.05, 0) is 20.3 Å². The summed E-state index contributed by atoms with van der Waals surface area (Å²) >= 11 is 0. The van der Waals surface area contributed by atoms with Crippen LogP contribution in [0.4, 0.5) is 0 Å². The Hall–Kier alpha value is -1.10. The molecule has 0 radical (unpaired) electrons. The Morgan fingerprint density at radius 1 is 1.12 bits per heavy atom. The van der Waals surface area contributed by atoms with E-state index in [9.17, 15) is 9.59 Å². The molecule has 0 aromatic rings. The fraction of sp³-hybridized carbons (Fsp3) is 0.833. The fourth-order valence-corrected chi connectivity index (χ4v) is 2.43. The summed E-state index contributed by atoms with van der Waals surface area (Å²) in [6.07, 6.45) is 0.526. The van der Waals surface area contributed by atoms with E-state index < -0.39 is 11.9 Å². The third-order valence-electron chi connectivity index (χ3n) is 3.78. The first kappa shape index (κ1) is 12.4. The molecule has 5 heteroatoms. The molecule has 1 saturated heterocycles. The molecule has 0 unspecified atom stereocenters. The molecule has 1 N–H and O–H groups in total. The molecule has 5 nitrogen and oxygen atoms in total. The van der Waals surface area contributed by atoms with Gasteiger partial charge >= 0.3 is 5.97 Å². The van der Waals surface area contributed by atoms with Crippen LogP contribution in [0, 0.1) is 11.8 Å². The largest absolute Gasteiger partial charge is 0.481 e. The third kappa shape index (κ3) is 2.60. The number of amides is 1. The first-order valence-corrected chi connectivity index (χ1v) is 6.26. The van der Waals surface area contributed by atoms with Crippen molar-refractivity contribution in [2.45, 2.75) is 26.3 Å². The molecule has 1 heterocycles. The highest BCUT2D eigenvalue weighted by atomic mass is 16.4. The predicted octanol–water partition coefficient (Wildman–Crippen LogP) is 0.260. The van der Waals surface area contributed by atoms with Crippen molar-refractivity contribution in [3.05, 3.63) is 0 Å². The molecule has 1 aliphatic carbocycles. The minimum Gasteiger partial charge on any atom is -0.481 e. The number of piperazine rings is 1. The molecule has 2 atom stereocenters. The van der Waals surface area contributed by atoms with Gasteiger partial charge in [-0.25, -0.2) is 0 Å². The highest BCUT2D eigenvalue weighted by Crippen LogP contribution is 2.40. The smallest absolute Gasteiger partial charge is 0.307 e. The van der Waals surface area contributed by atoms with E-state index in [4.69, 9.17) is 5.11 Å². The average molecular weight is 240 g/mol. The van der Waals surface area contributed by atoms with Gasteiger partial charge in [-0.2, -0.15) is 0 Å². The maximum absolute atomic E-state index is 12.0. The monoisotopic (exact) mass is 240 g/mol. The summed E-state index contributed by atoms with van der Waals surface area (Å²) < 4.78 is 0. The van der Waals surface area contributed by atoms with Gasteiger partial charge in [0.15, 0.2) is 0 Å². The summed E-state index contributed by atoms with van der Waals surface area (Å²) in [7, 11) is 0. The highest BCUT2D eigenvalue weighted by molar-refractivity contribution is 5.89. The minimum atomic E-state index is -0.829. The molecule has 0 spiro atoms. The van der Waals surface area contributed by atoms with Gasteiger partial charge in [0.25, 0.3) is 0 Å². The molecule has 2 aliphatic rings. The van der Waals surface area contributed by atoms with E-state index in [0.717, 1.165) is 26.2 Å². The molecule has 1 saturated carbocycles. The molecule has 1 aliphatic heterocycles.